The van der Waals surface area contributed by atoms with Gasteiger partial charge in [0.15, 0.2) is 11.0 Å². The summed E-state index contributed by atoms with van der Waals surface area (Å²) in [7, 11) is -1.60. The van der Waals surface area contributed by atoms with Crippen molar-refractivity contribution in [3.05, 3.63) is 47.0 Å². The predicted molar refractivity (Wildman–Crippen MR) is 104 cm³/mol. The average molecular weight is 407 g/mol. The summed E-state index contributed by atoms with van der Waals surface area (Å²) >= 11 is 7.18. The van der Waals surface area contributed by atoms with Crippen LogP contribution in [0.5, 0.6) is 0 Å². The molecule has 1 aliphatic heterocycles. The molecule has 0 saturated carbocycles. The fourth-order valence-electron chi connectivity index (χ4n) is 2.96. The highest BCUT2D eigenvalue weighted by Crippen LogP contribution is 2.27. The Labute approximate surface area is 162 Å². The lowest BCUT2D eigenvalue weighted by molar-refractivity contribution is 0.0794. The number of carbonyl (C=O) groups is 1. The van der Waals surface area contributed by atoms with Crippen LogP contribution in [-0.4, -0.2) is 36.9 Å². The molecule has 4 rings (SSSR count). The van der Waals surface area contributed by atoms with Gasteiger partial charge in [0.1, 0.15) is 11.0 Å². The molecule has 1 unspecified atom stereocenters. The minimum Gasteiger partial charge on any atom is -0.339 e. The first kappa shape index (κ1) is 17.4. The van der Waals surface area contributed by atoms with Gasteiger partial charge >= 0.3 is 0 Å². The SMILES string of the molecule is O=C(c1ccc(Cl)cc1NS(=O)c1cccc2nsnc12)N1CCCC1. The van der Waals surface area contributed by atoms with E-state index in [9.17, 15) is 9.00 Å². The van der Waals surface area contributed by atoms with Gasteiger partial charge in [-0.15, -0.1) is 0 Å². The van der Waals surface area contributed by atoms with Crippen molar-refractivity contribution < 1.29 is 9.00 Å². The number of aromatic nitrogens is 2. The van der Waals surface area contributed by atoms with Crippen molar-refractivity contribution in [3.63, 3.8) is 0 Å². The van der Waals surface area contributed by atoms with Crippen LogP contribution in [0.3, 0.4) is 0 Å². The van der Waals surface area contributed by atoms with E-state index in [0.717, 1.165) is 37.7 Å². The number of halogens is 1. The van der Waals surface area contributed by atoms with Crippen molar-refractivity contribution in [1.82, 2.24) is 13.6 Å². The number of hydrogen-bond acceptors (Lipinski definition) is 5. The van der Waals surface area contributed by atoms with Gasteiger partial charge in [-0.3, -0.25) is 4.79 Å². The van der Waals surface area contributed by atoms with Crippen LogP contribution in [0.15, 0.2) is 41.3 Å². The van der Waals surface area contributed by atoms with E-state index >= 15 is 0 Å². The third-order valence-corrected chi connectivity index (χ3v) is 6.17. The third-order valence-electron chi connectivity index (χ3n) is 4.26. The summed E-state index contributed by atoms with van der Waals surface area (Å²) in [5.74, 6) is -0.0767. The molecule has 0 aliphatic carbocycles. The number of benzene rings is 2. The van der Waals surface area contributed by atoms with E-state index in [-0.39, 0.29) is 5.91 Å². The molecule has 134 valence electrons. The van der Waals surface area contributed by atoms with Crippen molar-refractivity contribution in [2.45, 2.75) is 17.7 Å². The molecule has 1 fully saturated rings. The molecule has 1 aromatic heterocycles. The molecule has 6 nitrogen and oxygen atoms in total. The Balaban J connectivity index is 1.67. The molecule has 0 spiro atoms. The smallest absolute Gasteiger partial charge is 0.255 e. The van der Waals surface area contributed by atoms with Crippen molar-refractivity contribution in [2.24, 2.45) is 0 Å². The molecule has 1 amide bonds. The highest BCUT2D eigenvalue weighted by molar-refractivity contribution is 7.86. The standard InChI is InChI=1S/C17H15ClN4O2S2/c18-11-6-7-12(17(23)22-8-1-2-9-22)14(10-11)21-26(24)15-5-3-4-13-16(15)20-25-19-13/h3-7,10,21H,1-2,8-9H2. The van der Waals surface area contributed by atoms with E-state index in [1.165, 1.54) is 0 Å². The van der Waals surface area contributed by atoms with Gasteiger partial charge in [-0.1, -0.05) is 17.7 Å². The van der Waals surface area contributed by atoms with E-state index in [1.54, 1.807) is 30.3 Å². The lowest BCUT2D eigenvalue weighted by Crippen LogP contribution is -2.28. The van der Waals surface area contributed by atoms with Gasteiger partial charge in [0, 0.05) is 18.1 Å². The topological polar surface area (TPSA) is 75.2 Å². The van der Waals surface area contributed by atoms with Crippen molar-refractivity contribution >= 4 is 56.9 Å². The van der Waals surface area contributed by atoms with Crippen LogP contribution in [0.1, 0.15) is 23.2 Å². The normalized spacial score (nSPS) is 15.3. The number of rotatable bonds is 4. The molecule has 0 bridgehead atoms. The lowest BCUT2D eigenvalue weighted by Gasteiger charge is -2.18. The summed E-state index contributed by atoms with van der Waals surface area (Å²) in [6.07, 6.45) is 2.01. The van der Waals surface area contributed by atoms with E-state index in [2.05, 4.69) is 13.5 Å². The molecule has 1 saturated heterocycles. The Morgan fingerprint density at radius 2 is 2.00 bits per heavy atom. The van der Waals surface area contributed by atoms with Gasteiger partial charge in [0.05, 0.1) is 27.9 Å². The maximum Gasteiger partial charge on any atom is 0.255 e. The number of nitrogens with zero attached hydrogens (tertiary/aromatic N) is 3. The van der Waals surface area contributed by atoms with E-state index in [1.807, 2.05) is 11.0 Å². The second-order valence-electron chi connectivity index (χ2n) is 5.95. The van der Waals surface area contributed by atoms with Gasteiger partial charge in [-0.2, -0.15) is 8.75 Å². The second-order valence-corrected chi connectivity index (χ2v) is 8.09. The quantitative estimate of drug-likeness (QED) is 0.716. The number of fused-ring (bicyclic) bond motifs is 1. The van der Waals surface area contributed by atoms with Gasteiger partial charge < -0.3 is 9.62 Å². The minimum atomic E-state index is -1.60. The Kier molecular flexibility index (Phi) is 4.88. The zero-order valence-electron chi connectivity index (χ0n) is 13.6. The van der Waals surface area contributed by atoms with Gasteiger partial charge in [-0.05, 0) is 43.2 Å². The van der Waals surface area contributed by atoms with E-state index in [0.29, 0.717) is 32.2 Å². The fraction of sp³-hybridized carbons (Fsp3) is 0.235. The first-order valence-corrected chi connectivity index (χ1v) is 10.4. The number of anilines is 1. The summed E-state index contributed by atoms with van der Waals surface area (Å²) in [4.78, 5) is 15.1. The molecule has 26 heavy (non-hydrogen) atoms. The van der Waals surface area contributed by atoms with E-state index < -0.39 is 11.0 Å². The van der Waals surface area contributed by atoms with Crippen LogP contribution in [0, 0.1) is 0 Å². The first-order chi connectivity index (χ1) is 12.6. The summed E-state index contributed by atoms with van der Waals surface area (Å²) in [6, 6.07) is 10.3. The summed E-state index contributed by atoms with van der Waals surface area (Å²) in [5.41, 5.74) is 2.21. The van der Waals surface area contributed by atoms with Crippen LogP contribution in [0.4, 0.5) is 5.69 Å². The molecular weight excluding hydrogens is 392 g/mol. The molecule has 2 aromatic carbocycles. The summed E-state index contributed by atoms with van der Waals surface area (Å²) < 4.78 is 24.2. The molecule has 1 aliphatic rings. The second kappa shape index (κ2) is 7.30. The maximum absolute atomic E-state index is 12.9. The highest BCUT2D eigenvalue weighted by Gasteiger charge is 2.23. The Hall–Kier alpha value is -2.03. The molecule has 3 aromatic rings. The minimum absolute atomic E-state index is 0.0767. The van der Waals surface area contributed by atoms with Crippen molar-refractivity contribution in [2.75, 3.05) is 17.8 Å². The monoisotopic (exact) mass is 406 g/mol. The highest BCUT2D eigenvalue weighted by atomic mass is 35.5. The number of likely N-dealkylation sites (tertiary alicyclic amines) is 1. The molecular formula is C17H15ClN4O2S2. The van der Waals surface area contributed by atoms with Crippen molar-refractivity contribution in [3.8, 4) is 0 Å². The van der Waals surface area contributed by atoms with Crippen LogP contribution >= 0.6 is 23.3 Å². The van der Waals surface area contributed by atoms with Crippen LogP contribution in [0.2, 0.25) is 5.02 Å². The molecule has 1 N–H and O–H groups in total. The summed E-state index contributed by atoms with van der Waals surface area (Å²) in [6.45, 7) is 1.49. The van der Waals surface area contributed by atoms with Crippen molar-refractivity contribution in [1.29, 1.82) is 0 Å². The molecule has 9 heteroatoms. The van der Waals surface area contributed by atoms with Gasteiger partial charge in [0.25, 0.3) is 5.91 Å². The zero-order chi connectivity index (χ0) is 18.1. The van der Waals surface area contributed by atoms with E-state index in [4.69, 9.17) is 11.6 Å². The third kappa shape index (κ3) is 3.32. The van der Waals surface area contributed by atoms with Gasteiger partial charge in [0.2, 0.25) is 0 Å². The lowest BCUT2D eigenvalue weighted by atomic mass is 10.1. The Morgan fingerprint density at radius 3 is 2.81 bits per heavy atom. The maximum atomic E-state index is 12.9. The zero-order valence-corrected chi connectivity index (χ0v) is 16.0. The number of amides is 1. The van der Waals surface area contributed by atoms with Crippen LogP contribution < -0.4 is 4.72 Å². The molecule has 2 heterocycles. The Bertz CT molecular complexity index is 1000. The molecule has 0 radical (unpaired) electrons. The summed E-state index contributed by atoms with van der Waals surface area (Å²) in [5, 5.41) is 0.469. The number of nitrogens with one attached hydrogen (secondary N) is 1. The van der Waals surface area contributed by atoms with Crippen LogP contribution in [-0.2, 0) is 11.0 Å². The number of carbonyl (C=O) groups excluding carboxylic acids is 1. The molecule has 1 atom stereocenters. The largest absolute Gasteiger partial charge is 0.339 e. The van der Waals surface area contributed by atoms with Gasteiger partial charge in [-0.25, -0.2) is 4.21 Å². The van der Waals surface area contributed by atoms with Crippen LogP contribution in [0.25, 0.3) is 11.0 Å². The number of hydrogen-bond donors (Lipinski definition) is 1. The first-order valence-electron chi connectivity index (χ1n) is 8.12. The Morgan fingerprint density at radius 1 is 1.19 bits per heavy atom. The average Bonchev–Trinajstić information content (AvgIpc) is 3.32. The fourth-order valence-corrected chi connectivity index (χ4v) is 4.75. The predicted octanol–water partition coefficient (Wildman–Crippen LogP) is 3.72.